The van der Waals surface area contributed by atoms with Crippen molar-refractivity contribution < 1.29 is 8.42 Å². The van der Waals surface area contributed by atoms with E-state index in [1.54, 1.807) is 12.1 Å². The highest BCUT2D eigenvalue weighted by Crippen LogP contribution is 2.24. The van der Waals surface area contributed by atoms with E-state index in [1.165, 1.54) is 24.6 Å². The molecule has 1 aliphatic rings. The summed E-state index contributed by atoms with van der Waals surface area (Å²) in [6.07, 6.45) is 3.58. The molecule has 0 aliphatic carbocycles. The predicted molar refractivity (Wildman–Crippen MR) is 79.1 cm³/mol. The Kier molecular flexibility index (Phi) is 4.62. The molecule has 1 fully saturated rings. The summed E-state index contributed by atoms with van der Waals surface area (Å²) in [6, 6.07) is 3.40. The van der Waals surface area contributed by atoms with Gasteiger partial charge in [0.1, 0.15) is 10.7 Å². The molecule has 0 aromatic carbocycles. The Morgan fingerprint density at radius 3 is 2.75 bits per heavy atom. The number of rotatable bonds is 5. The number of anilines is 1. The first kappa shape index (κ1) is 15.2. The minimum absolute atomic E-state index is 0.226. The van der Waals surface area contributed by atoms with Gasteiger partial charge in [-0.3, -0.25) is 0 Å². The summed E-state index contributed by atoms with van der Waals surface area (Å²) < 4.78 is 25.1. The molecule has 1 atom stereocenters. The number of pyridine rings is 1. The van der Waals surface area contributed by atoms with Crippen LogP contribution in [0.25, 0.3) is 0 Å². The molecule has 0 saturated carbocycles. The molecule has 0 amide bonds. The molecule has 20 heavy (non-hydrogen) atoms. The third-order valence-corrected chi connectivity index (χ3v) is 5.48. The number of hydrogen-bond acceptors (Lipinski definition) is 5. The van der Waals surface area contributed by atoms with Crippen molar-refractivity contribution in [3.8, 4) is 0 Å². The molecular weight excluding hydrogens is 276 g/mol. The average molecular weight is 298 g/mol. The van der Waals surface area contributed by atoms with Gasteiger partial charge in [0.15, 0.2) is 0 Å². The lowest BCUT2D eigenvalue weighted by Crippen LogP contribution is -2.24. The first-order chi connectivity index (χ1) is 9.45. The topological polar surface area (TPSA) is 79.5 Å². The molecule has 1 aromatic heterocycles. The Hall–Kier alpha value is -1.18. The number of sulfonamides is 1. The maximum absolute atomic E-state index is 12.0. The van der Waals surface area contributed by atoms with E-state index in [9.17, 15) is 8.42 Å². The van der Waals surface area contributed by atoms with Crippen LogP contribution in [0.15, 0.2) is 23.2 Å². The SMILES string of the molecule is CN(C)S(=O)(=O)c1ccc(N2CCC(CCN)C2)nc1. The number of nitrogens with zero attached hydrogens (tertiary/aromatic N) is 3. The highest BCUT2D eigenvalue weighted by atomic mass is 32.2. The molecular formula is C13H22N4O2S. The van der Waals surface area contributed by atoms with Crippen LogP contribution in [0.3, 0.4) is 0 Å². The van der Waals surface area contributed by atoms with Crippen LogP contribution in [0.4, 0.5) is 5.82 Å². The van der Waals surface area contributed by atoms with Crippen molar-refractivity contribution >= 4 is 15.8 Å². The lowest BCUT2D eigenvalue weighted by Gasteiger charge is -2.18. The molecule has 2 heterocycles. The summed E-state index contributed by atoms with van der Waals surface area (Å²) >= 11 is 0. The van der Waals surface area contributed by atoms with E-state index < -0.39 is 10.0 Å². The van der Waals surface area contributed by atoms with Crippen molar-refractivity contribution in [3.63, 3.8) is 0 Å². The van der Waals surface area contributed by atoms with Gasteiger partial charge in [-0.25, -0.2) is 17.7 Å². The second-order valence-corrected chi connectivity index (χ2v) is 7.47. The maximum atomic E-state index is 12.0. The van der Waals surface area contributed by atoms with Gasteiger partial charge in [-0.1, -0.05) is 0 Å². The Balaban J connectivity index is 2.10. The van der Waals surface area contributed by atoms with Crippen molar-refractivity contribution in [3.05, 3.63) is 18.3 Å². The second-order valence-electron chi connectivity index (χ2n) is 5.32. The van der Waals surface area contributed by atoms with Gasteiger partial charge in [-0.2, -0.15) is 0 Å². The quantitative estimate of drug-likeness (QED) is 0.856. The average Bonchev–Trinajstić information content (AvgIpc) is 2.88. The third kappa shape index (κ3) is 3.11. The third-order valence-electron chi connectivity index (χ3n) is 3.68. The molecule has 0 radical (unpaired) electrons. The van der Waals surface area contributed by atoms with E-state index in [2.05, 4.69) is 9.88 Å². The van der Waals surface area contributed by atoms with Gasteiger partial charge < -0.3 is 10.6 Å². The van der Waals surface area contributed by atoms with E-state index >= 15 is 0 Å². The van der Waals surface area contributed by atoms with Crippen LogP contribution < -0.4 is 10.6 Å². The first-order valence-electron chi connectivity index (χ1n) is 6.78. The summed E-state index contributed by atoms with van der Waals surface area (Å²) in [5.74, 6) is 1.45. The molecule has 2 rings (SSSR count). The molecule has 7 heteroatoms. The van der Waals surface area contributed by atoms with E-state index in [4.69, 9.17) is 5.73 Å². The van der Waals surface area contributed by atoms with Crippen LogP contribution in [-0.4, -0.2) is 51.4 Å². The normalized spacial score (nSPS) is 19.8. The summed E-state index contributed by atoms with van der Waals surface area (Å²) in [6.45, 7) is 2.62. The number of aromatic nitrogens is 1. The second kappa shape index (κ2) is 6.07. The fourth-order valence-electron chi connectivity index (χ4n) is 2.44. The van der Waals surface area contributed by atoms with Crippen molar-refractivity contribution in [2.75, 3.05) is 38.6 Å². The number of hydrogen-bond donors (Lipinski definition) is 1. The van der Waals surface area contributed by atoms with Crippen molar-refractivity contribution in [2.24, 2.45) is 11.7 Å². The van der Waals surface area contributed by atoms with Crippen LogP contribution >= 0.6 is 0 Å². The van der Waals surface area contributed by atoms with E-state index in [0.29, 0.717) is 12.5 Å². The standard InChI is InChI=1S/C13H22N4O2S/c1-16(2)20(18,19)12-3-4-13(15-9-12)17-8-6-11(10-17)5-7-14/h3-4,9,11H,5-8,10,14H2,1-2H3. The Labute approximate surface area is 120 Å². The molecule has 0 spiro atoms. The fourth-order valence-corrected chi connectivity index (χ4v) is 3.28. The molecule has 1 aromatic rings. The van der Waals surface area contributed by atoms with Crippen LogP contribution in [0, 0.1) is 5.92 Å². The van der Waals surface area contributed by atoms with Crippen molar-refractivity contribution in [2.45, 2.75) is 17.7 Å². The van der Waals surface area contributed by atoms with Gasteiger partial charge in [0.25, 0.3) is 0 Å². The molecule has 1 unspecified atom stereocenters. The van der Waals surface area contributed by atoms with Gasteiger partial charge >= 0.3 is 0 Å². The zero-order valence-corrected chi connectivity index (χ0v) is 12.8. The summed E-state index contributed by atoms with van der Waals surface area (Å²) in [5.41, 5.74) is 5.58. The monoisotopic (exact) mass is 298 g/mol. The zero-order chi connectivity index (χ0) is 14.8. The molecule has 1 saturated heterocycles. The van der Waals surface area contributed by atoms with Crippen LogP contribution in [0.5, 0.6) is 0 Å². The summed E-state index contributed by atoms with van der Waals surface area (Å²) in [5, 5.41) is 0. The van der Waals surface area contributed by atoms with Gasteiger partial charge in [0, 0.05) is 33.4 Å². The fraction of sp³-hybridized carbons (Fsp3) is 0.615. The predicted octanol–water partition coefficient (Wildman–Crippen LogP) is 0.507. The summed E-state index contributed by atoms with van der Waals surface area (Å²) in [7, 11) is -0.371. The highest BCUT2D eigenvalue weighted by Gasteiger charge is 2.23. The maximum Gasteiger partial charge on any atom is 0.244 e. The molecule has 6 nitrogen and oxygen atoms in total. The van der Waals surface area contributed by atoms with Crippen LogP contribution in [0.1, 0.15) is 12.8 Å². The minimum atomic E-state index is -3.40. The minimum Gasteiger partial charge on any atom is -0.356 e. The smallest absolute Gasteiger partial charge is 0.244 e. The highest BCUT2D eigenvalue weighted by molar-refractivity contribution is 7.89. The molecule has 112 valence electrons. The lowest BCUT2D eigenvalue weighted by molar-refractivity contribution is 0.520. The van der Waals surface area contributed by atoms with E-state index in [1.807, 2.05) is 0 Å². The Morgan fingerprint density at radius 1 is 1.45 bits per heavy atom. The van der Waals surface area contributed by atoms with Crippen LogP contribution in [0.2, 0.25) is 0 Å². The largest absolute Gasteiger partial charge is 0.356 e. The van der Waals surface area contributed by atoms with Gasteiger partial charge in [0.05, 0.1) is 0 Å². The molecule has 1 aliphatic heterocycles. The Bertz CT molecular complexity index is 542. The molecule has 2 N–H and O–H groups in total. The molecule has 0 bridgehead atoms. The van der Waals surface area contributed by atoms with Gasteiger partial charge in [-0.05, 0) is 37.4 Å². The summed E-state index contributed by atoms with van der Waals surface area (Å²) in [4.78, 5) is 6.71. The van der Waals surface area contributed by atoms with Gasteiger partial charge in [-0.15, -0.1) is 0 Å². The van der Waals surface area contributed by atoms with Crippen molar-refractivity contribution in [1.29, 1.82) is 0 Å². The Morgan fingerprint density at radius 2 is 2.20 bits per heavy atom. The van der Waals surface area contributed by atoms with E-state index in [0.717, 1.165) is 31.7 Å². The zero-order valence-electron chi connectivity index (χ0n) is 12.0. The van der Waals surface area contributed by atoms with Gasteiger partial charge in [0.2, 0.25) is 10.0 Å². The van der Waals surface area contributed by atoms with Crippen LogP contribution in [-0.2, 0) is 10.0 Å². The number of nitrogens with two attached hydrogens (primary N) is 1. The first-order valence-corrected chi connectivity index (χ1v) is 8.22. The lowest BCUT2D eigenvalue weighted by atomic mass is 10.1. The van der Waals surface area contributed by atoms with E-state index in [-0.39, 0.29) is 4.90 Å². The van der Waals surface area contributed by atoms with Crippen molar-refractivity contribution in [1.82, 2.24) is 9.29 Å².